The molecule has 0 bridgehead atoms. The average molecular weight is 253 g/mol. The van der Waals surface area contributed by atoms with Crippen molar-refractivity contribution in [3.63, 3.8) is 0 Å². The molecule has 4 heteroatoms. The molecule has 17 heavy (non-hydrogen) atoms. The summed E-state index contributed by atoms with van der Waals surface area (Å²) in [4.78, 5) is 2.19. The fourth-order valence-electron chi connectivity index (χ4n) is 1.91. The fourth-order valence-corrected chi connectivity index (χ4v) is 4.05. The first-order chi connectivity index (χ1) is 8.20. The van der Waals surface area contributed by atoms with Crippen molar-refractivity contribution < 1.29 is 8.85 Å². The molecule has 0 aliphatic carbocycles. The van der Waals surface area contributed by atoms with Crippen LogP contribution in [0.2, 0.25) is 0 Å². The first kappa shape index (κ1) is 14.4. The summed E-state index contributed by atoms with van der Waals surface area (Å²) in [6, 6.07) is 10.4. The highest BCUT2D eigenvalue weighted by atomic mass is 28.3. The summed E-state index contributed by atoms with van der Waals surface area (Å²) < 4.78 is 11.7. The summed E-state index contributed by atoms with van der Waals surface area (Å²) in [6.07, 6.45) is 0. The Morgan fingerprint density at radius 2 is 1.59 bits per heavy atom. The second-order valence-electron chi connectivity index (χ2n) is 4.10. The first-order valence-corrected chi connectivity index (χ1v) is 7.76. The van der Waals surface area contributed by atoms with Crippen LogP contribution in [0.5, 0.6) is 0 Å². The van der Waals surface area contributed by atoms with Gasteiger partial charge < -0.3 is 13.8 Å². The van der Waals surface area contributed by atoms with Crippen LogP contribution in [-0.4, -0.2) is 41.5 Å². The minimum absolute atomic E-state index is 0.260. The van der Waals surface area contributed by atoms with Gasteiger partial charge >= 0.3 is 9.28 Å². The molecule has 3 nitrogen and oxygen atoms in total. The molecule has 0 spiro atoms. The molecule has 1 aromatic rings. The predicted octanol–water partition coefficient (Wildman–Crippen LogP) is 2.12. The lowest BCUT2D eigenvalue weighted by molar-refractivity contribution is 0.177. The second-order valence-corrected chi connectivity index (χ2v) is 6.13. The summed E-state index contributed by atoms with van der Waals surface area (Å²) in [7, 11) is 2.45. The van der Waals surface area contributed by atoms with E-state index in [1.54, 1.807) is 0 Å². The lowest BCUT2D eigenvalue weighted by Gasteiger charge is -2.30. The van der Waals surface area contributed by atoms with Gasteiger partial charge in [0.2, 0.25) is 0 Å². The van der Waals surface area contributed by atoms with Crippen molar-refractivity contribution >= 4 is 9.28 Å². The molecule has 0 saturated carbocycles. The normalized spacial score (nSPS) is 13.3. The molecular formula is C13H23NO2Si. The molecule has 0 fully saturated rings. The summed E-state index contributed by atoms with van der Waals surface area (Å²) in [5.74, 6) is 0. The molecule has 0 heterocycles. The largest absolute Gasteiger partial charge is 0.396 e. The van der Waals surface area contributed by atoms with E-state index in [-0.39, 0.29) is 5.67 Å². The molecule has 96 valence electrons. The van der Waals surface area contributed by atoms with Gasteiger partial charge in [0.05, 0.1) is 5.67 Å². The van der Waals surface area contributed by atoms with Crippen LogP contribution in [0, 0.1) is 0 Å². The van der Waals surface area contributed by atoms with E-state index < -0.39 is 9.28 Å². The monoisotopic (exact) mass is 253 g/mol. The second kappa shape index (κ2) is 7.61. The SMILES string of the molecule is CCO[SiH](OCC)C(c1ccccc1)N(C)C. The van der Waals surface area contributed by atoms with Crippen molar-refractivity contribution in [2.75, 3.05) is 27.3 Å². The number of nitrogens with zero attached hydrogens (tertiary/aromatic N) is 1. The van der Waals surface area contributed by atoms with E-state index in [4.69, 9.17) is 8.85 Å². The van der Waals surface area contributed by atoms with Crippen LogP contribution in [0.1, 0.15) is 25.1 Å². The van der Waals surface area contributed by atoms with Crippen LogP contribution < -0.4 is 0 Å². The Morgan fingerprint density at radius 1 is 1.06 bits per heavy atom. The third-order valence-corrected chi connectivity index (χ3v) is 5.44. The summed E-state index contributed by atoms with van der Waals surface area (Å²) >= 11 is 0. The van der Waals surface area contributed by atoms with E-state index in [1.165, 1.54) is 5.56 Å². The van der Waals surface area contributed by atoms with Gasteiger partial charge in [0, 0.05) is 13.2 Å². The highest BCUT2D eigenvalue weighted by molar-refractivity contribution is 6.46. The number of rotatable bonds is 7. The van der Waals surface area contributed by atoms with Crippen LogP contribution in [0.4, 0.5) is 0 Å². The molecule has 0 radical (unpaired) electrons. The number of benzene rings is 1. The van der Waals surface area contributed by atoms with E-state index in [2.05, 4.69) is 43.3 Å². The first-order valence-electron chi connectivity index (χ1n) is 6.15. The topological polar surface area (TPSA) is 21.7 Å². The van der Waals surface area contributed by atoms with Crippen LogP contribution in [0.25, 0.3) is 0 Å². The van der Waals surface area contributed by atoms with Crippen molar-refractivity contribution in [2.24, 2.45) is 0 Å². The lowest BCUT2D eigenvalue weighted by Crippen LogP contribution is -2.39. The van der Waals surface area contributed by atoms with Gasteiger partial charge in [0.1, 0.15) is 0 Å². The Labute approximate surface area is 106 Å². The minimum Gasteiger partial charge on any atom is -0.396 e. The number of hydrogen-bond acceptors (Lipinski definition) is 3. The van der Waals surface area contributed by atoms with Crippen molar-refractivity contribution in [2.45, 2.75) is 19.5 Å². The van der Waals surface area contributed by atoms with Gasteiger partial charge in [-0.05, 0) is 33.5 Å². The van der Waals surface area contributed by atoms with Gasteiger partial charge in [-0.1, -0.05) is 30.3 Å². The molecule has 0 aliphatic rings. The van der Waals surface area contributed by atoms with Gasteiger partial charge in [-0.3, -0.25) is 0 Å². The molecule has 1 rings (SSSR count). The minimum atomic E-state index is -1.71. The van der Waals surface area contributed by atoms with Gasteiger partial charge in [0.15, 0.2) is 0 Å². The third kappa shape index (κ3) is 4.24. The molecule has 0 saturated heterocycles. The van der Waals surface area contributed by atoms with Crippen molar-refractivity contribution in [1.82, 2.24) is 4.90 Å². The van der Waals surface area contributed by atoms with Crippen molar-refractivity contribution in [1.29, 1.82) is 0 Å². The molecule has 1 aromatic carbocycles. The molecule has 1 unspecified atom stereocenters. The standard InChI is InChI=1S/C13H23NO2Si/c1-5-15-17(16-6-2)13(14(3)4)12-10-8-7-9-11-12/h7-11,13,17H,5-6H2,1-4H3. The Morgan fingerprint density at radius 3 is 2.00 bits per heavy atom. The van der Waals surface area contributed by atoms with Crippen LogP contribution in [-0.2, 0) is 8.85 Å². The molecule has 0 aliphatic heterocycles. The van der Waals surface area contributed by atoms with Crippen molar-refractivity contribution in [3.8, 4) is 0 Å². The van der Waals surface area contributed by atoms with Gasteiger partial charge in [-0.15, -0.1) is 0 Å². The highest BCUT2D eigenvalue weighted by Gasteiger charge is 2.29. The van der Waals surface area contributed by atoms with E-state index in [0.717, 1.165) is 0 Å². The quantitative estimate of drug-likeness (QED) is 0.695. The molecular weight excluding hydrogens is 230 g/mol. The summed E-state index contributed by atoms with van der Waals surface area (Å²) in [5.41, 5.74) is 1.53. The predicted molar refractivity (Wildman–Crippen MR) is 73.3 cm³/mol. The van der Waals surface area contributed by atoms with E-state index in [1.807, 2.05) is 19.9 Å². The van der Waals surface area contributed by atoms with Crippen LogP contribution >= 0.6 is 0 Å². The van der Waals surface area contributed by atoms with E-state index >= 15 is 0 Å². The zero-order valence-corrected chi connectivity index (χ0v) is 12.4. The Balaban J connectivity index is 2.90. The molecule has 0 aromatic heterocycles. The van der Waals surface area contributed by atoms with Gasteiger partial charge in [0.25, 0.3) is 0 Å². The van der Waals surface area contributed by atoms with Crippen molar-refractivity contribution in [3.05, 3.63) is 35.9 Å². The van der Waals surface area contributed by atoms with E-state index in [9.17, 15) is 0 Å². The average Bonchev–Trinajstić information content (AvgIpc) is 2.31. The zero-order valence-electron chi connectivity index (χ0n) is 11.2. The van der Waals surface area contributed by atoms with Crippen LogP contribution in [0.3, 0.4) is 0 Å². The third-order valence-electron chi connectivity index (χ3n) is 2.62. The number of hydrogen-bond donors (Lipinski definition) is 0. The summed E-state index contributed by atoms with van der Waals surface area (Å²) in [5, 5.41) is 0. The van der Waals surface area contributed by atoms with E-state index in [0.29, 0.717) is 13.2 Å². The Bertz CT molecular complexity index is 300. The van der Waals surface area contributed by atoms with Gasteiger partial charge in [-0.2, -0.15) is 0 Å². The maximum atomic E-state index is 5.84. The molecule has 1 atom stereocenters. The lowest BCUT2D eigenvalue weighted by atomic mass is 10.2. The fraction of sp³-hybridized carbons (Fsp3) is 0.538. The maximum absolute atomic E-state index is 5.84. The molecule has 0 amide bonds. The van der Waals surface area contributed by atoms with Crippen LogP contribution in [0.15, 0.2) is 30.3 Å². The maximum Gasteiger partial charge on any atom is 0.343 e. The summed E-state index contributed by atoms with van der Waals surface area (Å²) in [6.45, 7) is 5.48. The molecule has 0 N–H and O–H groups in total. The highest BCUT2D eigenvalue weighted by Crippen LogP contribution is 2.22. The Hall–Kier alpha value is -0.683. The Kier molecular flexibility index (Phi) is 6.43. The smallest absolute Gasteiger partial charge is 0.343 e. The zero-order chi connectivity index (χ0) is 12.7. The van der Waals surface area contributed by atoms with Gasteiger partial charge in [-0.25, -0.2) is 0 Å².